The predicted octanol–water partition coefficient (Wildman–Crippen LogP) is 8.93. The maximum atomic E-state index is 13.0. The molecule has 0 radical (unpaired) electrons. The molecule has 0 bridgehead atoms. The van der Waals surface area contributed by atoms with Crippen LogP contribution in [0.15, 0.2) is 97.2 Å². The molecule has 0 aromatic heterocycles. The highest BCUT2D eigenvalue weighted by atomic mass is 16.7. The summed E-state index contributed by atoms with van der Waals surface area (Å²) in [6.45, 7) is 2.43. The number of hydrogen-bond acceptors (Lipinski definition) is 15. The average molecular weight is 1050 g/mol. The van der Waals surface area contributed by atoms with E-state index in [4.69, 9.17) is 28.4 Å². The van der Waals surface area contributed by atoms with Gasteiger partial charge in [-0.05, 0) is 89.9 Å². The van der Waals surface area contributed by atoms with Crippen LogP contribution in [0.25, 0.3) is 0 Å². The minimum atomic E-state index is -1.79. The highest BCUT2D eigenvalue weighted by Crippen LogP contribution is 2.26. The lowest BCUT2D eigenvalue weighted by Crippen LogP contribution is -2.61. The maximum absolute atomic E-state index is 13.0. The lowest BCUT2D eigenvalue weighted by molar-refractivity contribution is -0.332. The van der Waals surface area contributed by atoms with Gasteiger partial charge in [-0.3, -0.25) is 9.59 Å². The number of unbranched alkanes of at least 4 members (excludes halogenated alkanes) is 12. The standard InChI is InChI=1S/C59H96O15/c1-3-5-7-9-11-13-15-17-19-21-22-23-24-26-27-29-31-33-35-37-39-41-50(61)69-44-47(72-51(62)42-40-38-36-34-32-30-28-25-20-18-16-14-12-10-8-6-4-2)45-70-58-57(68)55(66)53(64)49(74-58)46-71-59-56(67)54(65)52(63)48(43-60)73-59/h12,14,18-21,23-24,27-30,33-36,47-49,52-60,63-68H,3-11,13,15-17,22,25-26,31-32,37-46H2,1-2H3/b14-12+,20-18+,21-19+,24-23+,29-27+,30-28+,35-33+,36-34+/t47-,48+,49+,52-,53-,54?,55?,56?,57?,58+,59+/m0/s1. The molecule has 0 aliphatic carbocycles. The highest BCUT2D eigenvalue weighted by Gasteiger charge is 2.47. The molecule has 0 aromatic carbocycles. The SMILES string of the molecule is CCCCC/C=C/C/C=C/C/C=C/C/C=C/CCCC(=O)O[C@@H](COC(=O)CCC/C=C/C/C=C/C/C=C/C/C=C/CCCCCCCCC)CO[C@@H]1O[C@H](CO[C@@H]2O[C@H](CO)[C@H](O)C(O)C2O)[C@H](O)C(O)C1O. The molecule has 2 heterocycles. The summed E-state index contributed by atoms with van der Waals surface area (Å²) in [6, 6.07) is 0. The quantitative estimate of drug-likeness (QED) is 0.0172. The molecule has 2 saturated heterocycles. The first-order chi connectivity index (χ1) is 36.0. The molecule has 15 nitrogen and oxygen atoms in total. The molecule has 11 atom stereocenters. The van der Waals surface area contributed by atoms with Crippen molar-refractivity contribution in [3.05, 3.63) is 97.2 Å². The van der Waals surface area contributed by atoms with Crippen LogP contribution in [-0.2, 0) is 38.0 Å². The second-order valence-electron chi connectivity index (χ2n) is 19.0. The first-order valence-corrected chi connectivity index (χ1v) is 27.8. The Hall–Kier alpha value is -3.58. The molecule has 2 aliphatic rings. The number of carbonyl (C=O) groups is 2. The fourth-order valence-electron chi connectivity index (χ4n) is 7.97. The lowest BCUT2D eigenvalue weighted by Gasteiger charge is -2.42. The van der Waals surface area contributed by atoms with Crippen molar-refractivity contribution < 1.29 is 73.8 Å². The molecular weight excluding hydrogens is 949 g/mol. The maximum Gasteiger partial charge on any atom is 0.306 e. The molecule has 0 saturated carbocycles. The third kappa shape index (κ3) is 31.5. The summed E-state index contributed by atoms with van der Waals surface area (Å²) in [6.07, 6.45) is 40.2. The molecule has 7 N–H and O–H groups in total. The van der Waals surface area contributed by atoms with E-state index in [1.807, 2.05) is 18.2 Å². The van der Waals surface area contributed by atoms with Crippen LogP contribution >= 0.6 is 0 Å². The molecule has 15 heteroatoms. The Labute approximate surface area is 443 Å². The Kier molecular flexibility index (Phi) is 40.0. The molecule has 422 valence electrons. The normalized spacial score (nSPS) is 25.4. The summed E-state index contributed by atoms with van der Waals surface area (Å²) < 4.78 is 33.5. The van der Waals surface area contributed by atoms with Gasteiger partial charge in [-0.15, -0.1) is 0 Å². The first-order valence-electron chi connectivity index (χ1n) is 27.8. The summed E-state index contributed by atoms with van der Waals surface area (Å²) in [5, 5.41) is 72.2. The van der Waals surface area contributed by atoms with Gasteiger partial charge in [-0.2, -0.15) is 0 Å². The van der Waals surface area contributed by atoms with Gasteiger partial charge in [-0.1, -0.05) is 162 Å². The zero-order valence-corrected chi connectivity index (χ0v) is 44.8. The predicted molar refractivity (Wildman–Crippen MR) is 288 cm³/mol. The van der Waals surface area contributed by atoms with E-state index in [-0.39, 0.29) is 19.4 Å². The topological polar surface area (TPSA) is 231 Å². The zero-order chi connectivity index (χ0) is 53.9. The summed E-state index contributed by atoms with van der Waals surface area (Å²) in [5.74, 6) is -1.06. The van der Waals surface area contributed by atoms with Crippen LogP contribution in [0, 0.1) is 0 Å². The van der Waals surface area contributed by atoms with Crippen LogP contribution in [0.2, 0.25) is 0 Å². The van der Waals surface area contributed by atoms with Crippen LogP contribution in [0.4, 0.5) is 0 Å². The van der Waals surface area contributed by atoms with E-state index >= 15 is 0 Å². The van der Waals surface area contributed by atoms with E-state index in [1.54, 1.807) is 0 Å². The van der Waals surface area contributed by atoms with Crippen molar-refractivity contribution in [3.8, 4) is 0 Å². The molecule has 2 rings (SSSR count). The van der Waals surface area contributed by atoms with E-state index in [2.05, 4.69) is 92.8 Å². The molecule has 0 aromatic rings. The van der Waals surface area contributed by atoms with Gasteiger partial charge in [0.05, 0.1) is 19.8 Å². The fourth-order valence-corrected chi connectivity index (χ4v) is 7.97. The van der Waals surface area contributed by atoms with Gasteiger partial charge in [0.15, 0.2) is 18.7 Å². The Morgan fingerprint density at radius 1 is 0.432 bits per heavy atom. The van der Waals surface area contributed by atoms with E-state index < -0.39 is 99.3 Å². The van der Waals surface area contributed by atoms with Crippen LogP contribution in [0.3, 0.4) is 0 Å². The van der Waals surface area contributed by atoms with Gasteiger partial charge < -0.3 is 64.2 Å². The number of esters is 2. The third-order valence-electron chi connectivity index (χ3n) is 12.5. The molecule has 0 spiro atoms. The molecule has 2 fully saturated rings. The van der Waals surface area contributed by atoms with E-state index in [0.717, 1.165) is 51.4 Å². The van der Waals surface area contributed by atoms with E-state index in [9.17, 15) is 45.3 Å². The molecule has 74 heavy (non-hydrogen) atoms. The number of carbonyl (C=O) groups excluding carboxylic acids is 2. The Morgan fingerprint density at radius 3 is 1.30 bits per heavy atom. The number of aliphatic hydroxyl groups is 7. The smallest absolute Gasteiger partial charge is 0.306 e. The average Bonchev–Trinajstić information content (AvgIpc) is 3.39. The van der Waals surface area contributed by atoms with Gasteiger partial charge >= 0.3 is 11.9 Å². The van der Waals surface area contributed by atoms with Gasteiger partial charge in [0.2, 0.25) is 0 Å². The van der Waals surface area contributed by atoms with Gasteiger partial charge in [0.25, 0.3) is 0 Å². The summed E-state index contributed by atoms with van der Waals surface area (Å²) in [5.41, 5.74) is 0. The highest BCUT2D eigenvalue weighted by molar-refractivity contribution is 5.70. The lowest BCUT2D eigenvalue weighted by atomic mass is 9.98. The van der Waals surface area contributed by atoms with Crippen molar-refractivity contribution in [3.63, 3.8) is 0 Å². The van der Waals surface area contributed by atoms with Gasteiger partial charge in [-0.25, -0.2) is 0 Å². The number of ether oxygens (including phenoxy) is 6. The summed E-state index contributed by atoms with van der Waals surface area (Å²) in [7, 11) is 0. The minimum Gasteiger partial charge on any atom is -0.462 e. The molecule has 2 aliphatic heterocycles. The zero-order valence-electron chi connectivity index (χ0n) is 44.8. The Morgan fingerprint density at radius 2 is 0.811 bits per heavy atom. The van der Waals surface area contributed by atoms with E-state index in [1.165, 1.54) is 64.2 Å². The van der Waals surface area contributed by atoms with Crippen molar-refractivity contribution >= 4 is 11.9 Å². The van der Waals surface area contributed by atoms with Crippen molar-refractivity contribution in [2.24, 2.45) is 0 Å². The second-order valence-corrected chi connectivity index (χ2v) is 19.0. The van der Waals surface area contributed by atoms with Gasteiger partial charge in [0, 0.05) is 12.8 Å². The van der Waals surface area contributed by atoms with Crippen molar-refractivity contribution in [1.29, 1.82) is 0 Å². The number of rotatable bonds is 42. The number of aliphatic hydroxyl groups excluding tert-OH is 7. The van der Waals surface area contributed by atoms with Crippen molar-refractivity contribution in [2.75, 3.05) is 26.4 Å². The van der Waals surface area contributed by atoms with Crippen molar-refractivity contribution in [2.45, 2.75) is 235 Å². The van der Waals surface area contributed by atoms with Crippen LogP contribution in [0.5, 0.6) is 0 Å². The Balaban J connectivity index is 1.83. The van der Waals surface area contributed by atoms with Crippen molar-refractivity contribution in [1.82, 2.24) is 0 Å². The van der Waals surface area contributed by atoms with Gasteiger partial charge in [0.1, 0.15) is 55.4 Å². The Bertz CT molecular complexity index is 1650. The molecule has 0 amide bonds. The van der Waals surface area contributed by atoms with Crippen LogP contribution in [0.1, 0.15) is 168 Å². The molecule has 4 unspecified atom stereocenters. The van der Waals surface area contributed by atoms with Crippen LogP contribution in [-0.4, -0.2) is 142 Å². The molecular formula is C59H96O15. The van der Waals surface area contributed by atoms with E-state index in [0.29, 0.717) is 25.7 Å². The third-order valence-corrected chi connectivity index (χ3v) is 12.5. The largest absolute Gasteiger partial charge is 0.462 e. The fraction of sp³-hybridized carbons (Fsp3) is 0.695. The number of allylic oxidation sites excluding steroid dienone is 16. The first kappa shape index (κ1) is 66.5. The van der Waals surface area contributed by atoms with Crippen LogP contribution < -0.4 is 0 Å². The number of hydrogen-bond donors (Lipinski definition) is 7. The minimum absolute atomic E-state index is 0.0720. The second kappa shape index (κ2) is 44.5. The summed E-state index contributed by atoms with van der Waals surface area (Å²) in [4.78, 5) is 25.8. The monoisotopic (exact) mass is 1040 g/mol. The summed E-state index contributed by atoms with van der Waals surface area (Å²) >= 11 is 0.